The van der Waals surface area contributed by atoms with Gasteiger partial charge in [-0.15, -0.1) is 0 Å². The van der Waals surface area contributed by atoms with E-state index in [-0.39, 0.29) is 40.2 Å². The Bertz CT molecular complexity index is 1840. The first-order valence-electron chi connectivity index (χ1n) is 15.3. The number of benzene rings is 2. The van der Waals surface area contributed by atoms with Crippen molar-refractivity contribution >= 4 is 27.5 Å². The number of alkyl halides is 1. The number of ether oxygens (including phenoxy) is 1. The Balaban J connectivity index is 1.18. The minimum atomic E-state index is -1.25. The van der Waals surface area contributed by atoms with Crippen molar-refractivity contribution in [1.29, 1.82) is 0 Å². The van der Waals surface area contributed by atoms with Gasteiger partial charge in [0.1, 0.15) is 35.6 Å². The van der Waals surface area contributed by atoms with Crippen molar-refractivity contribution < 1.29 is 27.4 Å². The molecule has 5 aliphatic rings. The highest BCUT2D eigenvalue weighted by atomic mass is 19.2. The Labute approximate surface area is 250 Å². The fourth-order valence-corrected chi connectivity index (χ4v) is 8.50. The van der Waals surface area contributed by atoms with E-state index >= 15 is 8.78 Å². The lowest BCUT2D eigenvalue weighted by Gasteiger charge is -2.36. The third kappa shape index (κ3) is 3.92. The summed E-state index contributed by atoms with van der Waals surface area (Å²) in [6, 6.07) is 5.54. The molecule has 2 aromatic carbocycles. The highest BCUT2D eigenvalue weighted by Crippen LogP contribution is 2.52. The van der Waals surface area contributed by atoms with Crippen molar-refractivity contribution in [3.8, 4) is 23.0 Å². The molecule has 4 aliphatic heterocycles. The fourth-order valence-electron chi connectivity index (χ4n) is 8.50. The van der Waals surface area contributed by atoms with Gasteiger partial charge < -0.3 is 20.1 Å². The predicted octanol–water partition coefficient (Wildman–Crippen LogP) is 4.72. The first-order valence-corrected chi connectivity index (χ1v) is 15.3. The smallest absolute Gasteiger partial charge is 0.319 e. The van der Waals surface area contributed by atoms with Crippen LogP contribution in [-0.2, 0) is 0 Å². The number of anilines is 1. The molecule has 6 heterocycles. The molecule has 1 aliphatic carbocycles. The number of fused-ring (bicyclic) bond motifs is 8. The van der Waals surface area contributed by atoms with E-state index in [1.807, 2.05) is 0 Å². The van der Waals surface area contributed by atoms with Gasteiger partial charge in [0, 0.05) is 49.9 Å². The molecular weight excluding hydrogens is 576 g/mol. The maximum Gasteiger partial charge on any atom is 0.319 e. The monoisotopic (exact) mass is 606 g/mol. The molecule has 12 heteroatoms. The molecule has 8 nitrogen and oxygen atoms in total. The van der Waals surface area contributed by atoms with Crippen LogP contribution >= 0.6 is 0 Å². The molecule has 2 N–H and O–H groups in total. The van der Waals surface area contributed by atoms with Gasteiger partial charge >= 0.3 is 6.01 Å². The lowest BCUT2D eigenvalue weighted by molar-refractivity contribution is 0.107. The van der Waals surface area contributed by atoms with Gasteiger partial charge in [-0.2, -0.15) is 9.97 Å². The van der Waals surface area contributed by atoms with Crippen molar-refractivity contribution in [3.05, 3.63) is 47.9 Å². The van der Waals surface area contributed by atoms with Gasteiger partial charge in [-0.05, 0) is 72.7 Å². The van der Waals surface area contributed by atoms with Crippen LogP contribution in [0.25, 0.3) is 32.9 Å². The standard InChI is InChI=1S/C32H30F4N6O2/c33-16-9-32(4-1-5-42(32)11-16)14-44-31-39-28-21(30(40-31)41-12-23-19-8-20(19)24(13-41)38-23)10-37-29(27(28)36)25-18-3-2-17(43)6-15(18)7-22(34)26(25)35/h2-3,6-7,10,16,19-20,23-24,38,43H,1,4-5,8-9,11-14H2/t16-,19?,20?,23?,24?,32?/m1/s1. The average molecular weight is 607 g/mol. The number of hydrogen-bond donors (Lipinski definition) is 2. The summed E-state index contributed by atoms with van der Waals surface area (Å²) >= 11 is 0. The van der Waals surface area contributed by atoms with Crippen LogP contribution < -0.4 is 15.0 Å². The van der Waals surface area contributed by atoms with Crippen LogP contribution in [-0.4, -0.2) is 81.5 Å². The molecule has 4 saturated heterocycles. The normalized spacial score (nSPS) is 30.7. The van der Waals surface area contributed by atoms with Gasteiger partial charge in [-0.1, -0.05) is 0 Å². The molecular formula is C32H30F4N6O2. The Kier molecular flexibility index (Phi) is 5.67. The Hall–Kier alpha value is -3.77. The topological polar surface area (TPSA) is 86.6 Å². The summed E-state index contributed by atoms with van der Waals surface area (Å²) in [4.78, 5) is 17.8. The van der Waals surface area contributed by atoms with E-state index in [1.165, 1.54) is 30.8 Å². The molecule has 5 unspecified atom stereocenters. The summed E-state index contributed by atoms with van der Waals surface area (Å²) in [6.45, 7) is 2.70. The van der Waals surface area contributed by atoms with Crippen LogP contribution in [0, 0.1) is 29.3 Å². The van der Waals surface area contributed by atoms with Crippen LogP contribution in [0.4, 0.5) is 23.4 Å². The third-order valence-corrected chi connectivity index (χ3v) is 10.6. The predicted molar refractivity (Wildman–Crippen MR) is 155 cm³/mol. The van der Waals surface area contributed by atoms with E-state index < -0.39 is 34.9 Å². The van der Waals surface area contributed by atoms with Crippen LogP contribution in [0.1, 0.15) is 25.7 Å². The lowest BCUT2D eigenvalue weighted by atomic mass is 9.95. The minimum absolute atomic E-state index is 0.0439. The maximum atomic E-state index is 16.6. The average Bonchev–Trinajstić information content (AvgIpc) is 3.55. The maximum absolute atomic E-state index is 16.6. The molecule has 228 valence electrons. The van der Waals surface area contributed by atoms with Gasteiger partial charge in [0.25, 0.3) is 0 Å². The SMILES string of the molecule is Oc1ccc2c(-c3ncc4c(N5CC6NC(C5)C5CC65)nc(OCC56CCCN5C[C@H](F)C6)nc4c3F)c(F)c(F)cc2c1. The van der Waals surface area contributed by atoms with Crippen LogP contribution in [0.5, 0.6) is 11.8 Å². The number of nitrogens with one attached hydrogen (secondary N) is 1. The summed E-state index contributed by atoms with van der Waals surface area (Å²) < 4.78 is 67.3. The number of piperazine rings is 1. The summed E-state index contributed by atoms with van der Waals surface area (Å²) in [5, 5.41) is 14.3. The van der Waals surface area contributed by atoms with E-state index in [4.69, 9.17) is 9.72 Å². The zero-order chi connectivity index (χ0) is 29.9. The molecule has 44 heavy (non-hydrogen) atoms. The Morgan fingerprint density at radius 2 is 1.84 bits per heavy atom. The molecule has 0 spiro atoms. The number of aromatic nitrogens is 3. The zero-order valence-corrected chi connectivity index (χ0v) is 23.7. The minimum Gasteiger partial charge on any atom is -0.508 e. The fraction of sp³-hybridized carbons (Fsp3) is 0.469. The molecule has 9 rings (SSSR count). The van der Waals surface area contributed by atoms with Crippen LogP contribution in [0.3, 0.4) is 0 Å². The van der Waals surface area contributed by atoms with E-state index in [1.54, 1.807) is 0 Å². The van der Waals surface area contributed by atoms with E-state index in [0.29, 0.717) is 61.2 Å². The summed E-state index contributed by atoms with van der Waals surface area (Å²) in [6.07, 6.45) is 3.80. The summed E-state index contributed by atoms with van der Waals surface area (Å²) in [5.74, 6) is -1.77. The number of phenolic OH excluding ortho intramolecular Hbond substituents is 1. The quantitative estimate of drug-likeness (QED) is 0.316. The van der Waals surface area contributed by atoms with E-state index in [2.05, 4.69) is 25.1 Å². The van der Waals surface area contributed by atoms with Crippen molar-refractivity contribution in [3.63, 3.8) is 0 Å². The Morgan fingerprint density at radius 3 is 2.66 bits per heavy atom. The zero-order valence-electron chi connectivity index (χ0n) is 23.7. The number of piperidine rings is 1. The molecule has 2 bridgehead atoms. The number of rotatable bonds is 5. The first-order chi connectivity index (χ1) is 21.3. The van der Waals surface area contributed by atoms with Gasteiger partial charge in [-0.25, -0.2) is 17.6 Å². The van der Waals surface area contributed by atoms with Gasteiger partial charge in [0.15, 0.2) is 17.5 Å². The number of hydrogen-bond acceptors (Lipinski definition) is 8. The molecule has 6 atom stereocenters. The van der Waals surface area contributed by atoms with Crippen LogP contribution in [0.2, 0.25) is 0 Å². The molecule has 0 amide bonds. The second-order valence-corrected chi connectivity index (χ2v) is 13.2. The molecule has 5 fully saturated rings. The second kappa shape index (κ2) is 9.37. The molecule has 1 saturated carbocycles. The van der Waals surface area contributed by atoms with Crippen LogP contribution in [0.15, 0.2) is 30.5 Å². The number of phenols is 1. The lowest BCUT2D eigenvalue weighted by Crippen LogP contribution is -2.54. The largest absolute Gasteiger partial charge is 0.508 e. The highest BCUT2D eigenvalue weighted by Gasteiger charge is 2.57. The summed E-state index contributed by atoms with van der Waals surface area (Å²) in [5.41, 5.74) is -1.33. The molecule has 2 aromatic heterocycles. The number of halogens is 4. The van der Waals surface area contributed by atoms with Gasteiger partial charge in [0.2, 0.25) is 0 Å². The first kappa shape index (κ1) is 26.6. The molecule has 4 aromatic rings. The summed E-state index contributed by atoms with van der Waals surface area (Å²) in [7, 11) is 0. The van der Waals surface area contributed by atoms with Gasteiger partial charge in [0.05, 0.1) is 10.9 Å². The van der Waals surface area contributed by atoms with E-state index in [0.717, 1.165) is 25.5 Å². The van der Waals surface area contributed by atoms with E-state index in [9.17, 15) is 13.9 Å². The second-order valence-electron chi connectivity index (χ2n) is 13.2. The number of aromatic hydroxyl groups is 1. The van der Waals surface area contributed by atoms with Crippen molar-refractivity contribution in [1.82, 2.24) is 25.2 Å². The number of pyridine rings is 1. The van der Waals surface area contributed by atoms with Gasteiger partial charge in [-0.3, -0.25) is 9.88 Å². The number of nitrogens with zero attached hydrogens (tertiary/aromatic N) is 5. The van der Waals surface area contributed by atoms with Crippen molar-refractivity contribution in [2.75, 3.05) is 37.7 Å². The van der Waals surface area contributed by atoms with Crippen molar-refractivity contribution in [2.24, 2.45) is 11.8 Å². The third-order valence-electron chi connectivity index (χ3n) is 10.6. The highest BCUT2D eigenvalue weighted by molar-refractivity contribution is 5.99. The van der Waals surface area contributed by atoms with Crippen molar-refractivity contribution in [2.45, 2.75) is 49.5 Å². The Morgan fingerprint density at radius 1 is 1.02 bits per heavy atom. The molecule has 0 radical (unpaired) electrons.